The van der Waals surface area contributed by atoms with E-state index in [1.807, 2.05) is 17.1 Å². The first-order valence-electron chi connectivity index (χ1n) is 6.14. The fourth-order valence-electron chi connectivity index (χ4n) is 1.16. The van der Waals surface area contributed by atoms with Crippen LogP contribution in [0.25, 0.3) is 0 Å². The van der Waals surface area contributed by atoms with Crippen LogP contribution in [0.2, 0.25) is 0 Å². The zero-order chi connectivity index (χ0) is 19.1. The van der Waals surface area contributed by atoms with Gasteiger partial charge in [0.1, 0.15) is 5.63 Å². The lowest BCUT2D eigenvalue weighted by Crippen LogP contribution is -1.93. The molecule has 6 N–H and O–H groups in total. The van der Waals surface area contributed by atoms with Crippen molar-refractivity contribution in [3.63, 3.8) is 0 Å². The Kier molecular flexibility index (Phi) is 18.3. The van der Waals surface area contributed by atoms with E-state index in [1.165, 1.54) is 12.1 Å². The second-order valence-electron chi connectivity index (χ2n) is 3.69. The van der Waals surface area contributed by atoms with Crippen LogP contribution in [0, 0.1) is 10.1 Å². The molecule has 2 aromatic rings. The number of nitro benzene ring substituents is 1. The van der Waals surface area contributed by atoms with Crippen molar-refractivity contribution in [3.05, 3.63) is 58.6 Å². The van der Waals surface area contributed by atoms with Crippen molar-refractivity contribution < 1.29 is 4.92 Å². The van der Waals surface area contributed by atoms with Gasteiger partial charge in [-0.15, -0.1) is 0 Å². The van der Waals surface area contributed by atoms with Gasteiger partial charge < -0.3 is 17.2 Å². The molecule has 0 saturated heterocycles. The van der Waals surface area contributed by atoms with Crippen molar-refractivity contribution in [2.45, 2.75) is -0.0619 Å². The molecular weight excluding hydrogens is 764 g/mol. The van der Waals surface area contributed by atoms with Crippen molar-refractivity contribution in [2.24, 2.45) is 0 Å². The van der Waals surface area contributed by atoms with Crippen molar-refractivity contribution >= 4 is 113 Å². The summed E-state index contributed by atoms with van der Waals surface area (Å²) >= 11 is 9.10. The average molecular weight is 782 g/mol. The van der Waals surface area contributed by atoms with Gasteiger partial charge in [-0.1, -0.05) is 115 Å². The van der Waals surface area contributed by atoms with Gasteiger partial charge in [0.15, 0.2) is 0 Å². The number of nitrogens with two attached hydrogens (primary N) is 3. The highest BCUT2D eigenvalue weighted by Crippen LogP contribution is 2.18. The van der Waals surface area contributed by atoms with Crippen molar-refractivity contribution in [1.82, 2.24) is 0 Å². The molecule has 0 fully saturated rings. The third kappa shape index (κ3) is 14.5. The molecule has 0 aliphatic heterocycles. The van der Waals surface area contributed by atoms with Crippen LogP contribution < -0.4 is 17.2 Å². The molecule has 0 atom stereocenters. The number of rotatable bonds is 1. The highest BCUT2D eigenvalue weighted by Gasteiger charge is 2.07. The Labute approximate surface area is 196 Å². The summed E-state index contributed by atoms with van der Waals surface area (Å²) in [6.45, 7) is 0. The van der Waals surface area contributed by atoms with E-state index in [4.69, 9.17) is 17.2 Å². The summed E-state index contributed by atoms with van der Waals surface area (Å²) < 4.78 is 0.743. The number of nitrogens with zero attached hydrogens (tertiary/aromatic N) is 1. The van der Waals surface area contributed by atoms with Crippen LogP contribution in [0.1, 0.15) is 0 Å². The molecule has 134 valence electrons. The maximum Gasteiger partial charge on any atom is 0.292 e. The second kappa shape index (κ2) is 16.6. The van der Waals surface area contributed by atoms with Crippen LogP contribution in [0.15, 0.2) is 48.5 Å². The number of para-hydroxylation sites is 4. The Morgan fingerprint density at radius 3 is 1.33 bits per heavy atom. The molecule has 0 saturated carbocycles. The van der Waals surface area contributed by atoms with E-state index in [9.17, 15) is 10.1 Å². The monoisotopic (exact) mass is 782 g/mol. The van der Waals surface area contributed by atoms with Crippen molar-refractivity contribution in [2.75, 3.05) is 22.1 Å². The second-order valence-corrected chi connectivity index (χ2v) is 14.6. The summed E-state index contributed by atoms with van der Waals surface area (Å²) in [5.41, 5.74) is 17.5. The van der Waals surface area contributed by atoms with Gasteiger partial charge in [0, 0.05) is 6.07 Å². The van der Waals surface area contributed by atoms with E-state index in [0.29, 0.717) is 11.4 Å². The molecule has 0 aliphatic rings. The van der Waals surface area contributed by atoms with Crippen LogP contribution in [-0.4, -0.2) is 9.79 Å². The van der Waals surface area contributed by atoms with Gasteiger partial charge in [-0.3, -0.25) is 10.1 Å². The minimum absolute atomic E-state index is 0.0394. The number of benzene rings is 2. The third-order valence-electron chi connectivity index (χ3n) is 2.13. The van der Waals surface area contributed by atoms with Gasteiger partial charge in [-0.05, 0) is 23.1 Å². The van der Waals surface area contributed by atoms with Gasteiger partial charge in [-0.25, -0.2) is 0 Å². The SMILES string of the molecule is CI.IC(I)I.Nc1ccccc1N.Nc1ccccc1[N+](=O)[O-]. The molecule has 10 heteroatoms. The van der Waals surface area contributed by atoms with Gasteiger partial charge in [-0.2, -0.15) is 0 Å². The number of anilines is 3. The Bertz CT molecular complexity index is 577. The van der Waals surface area contributed by atoms with Crippen molar-refractivity contribution in [1.29, 1.82) is 0 Å². The molecule has 0 amide bonds. The van der Waals surface area contributed by atoms with E-state index in [1.54, 1.807) is 24.3 Å². The molecule has 2 aromatic carbocycles. The summed E-state index contributed by atoms with van der Waals surface area (Å²) in [4.78, 5) is 11.6. The molecule has 0 radical (unpaired) electrons. The lowest BCUT2D eigenvalue weighted by Gasteiger charge is -1.94. The highest BCUT2D eigenvalue weighted by atomic mass is 127. The smallest absolute Gasteiger partial charge is 0.292 e. The van der Waals surface area contributed by atoms with Crippen LogP contribution in [0.4, 0.5) is 22.7 Å². The number of nitro groups is 1. The number of alkyl halides is 4. The fourth-order valence-corrected chi connectivity index (χ4v) is 1.16. The first-order chi connectivity index (χ1) is 11.3. The molecule has 0 aromatic heterocycles. The normalized spacial score (nSPS) is 8.58. The third-order valence-corrected chi connectivity index (χ3v) is 2.13. The molecule has 6 nitrogen and oxygen atoms in total. The van der Waals surface area contributed by atoms with Gasteiger partial charge in [0.05, 0.1) is 16.3 Å². The quantitative estimate of drug-likeness (QED) is 0.114. The Balaban J connectivity index is 0. The molecule has 0 bridgehead atoms. The van der Waals surface area contributed by atoms with Crippen molar-refractivity contribution in [3.8, 4) is 0 Å². The number of hydrogen-bond acceptors (Lipinski definition) is 5. The zero-order valence-electron chi connectivity index (χ0n) is 12.7. The standard InChI is InChI=1S/C6H6N2O2.C6H8N2.CHI3.CH3I/c7-5-3-1-2-4-6(5)8(9)10;7-5-3-1-2-4-6(5)8;2-1(3)4;1-2/h1-4H,7H2;1-4H,7-8H2;1H;1H3. The Morgan fingerprint density at radius 1 is 0.833 bits per heavy atom. The Hall–Kier alpha value is 0.160. The molecule has 2 rings (SSSR count). The molecule has 0 heterocycles. The van der Waals surface area contributed by atoms with Crippen LogP contribution in [0.3, 0.4) is 0 Å². The predicted molar refractivity (Wildman–Crippen MR) is 139 cm³/mol. The van der Waals surface area contributed by atoms with Gasteiger partial charge in [0.25, 0.3) is 5.69 Å². The first kappa shape index (κ1) is 26.4. The van der Waals surface area contributed by atoms with Crippen LogP contribution in [0.5, 0.6) is 0 Å². The van der Waals surface area contributed by atoms with E-state index >= 15 is 0 Å². The first-order valence-corrected chi connectivity index (χ1v) is 12.0. The summed E-state index contributed by atoms with van der Waals surface area (Å²) in [5, 5.41) is 10.1. The average Bonchev–Trinajstić information content (AvgIpc) is 2.52. The lowest BCUT2D eigenvalue weighted by molar-refractivity contribution is -0.383. The topological polar surface area (TPSA) is 121 Å². The fraction of sp³-hybridized carbons (Fsp3) is 0.143. The lowest BCUT2D eigenvalue weighted by atomic mass is 10.3. The number of hydrogen-bond donors (Lipinski definition) is 3. The largest absolute Gasteiger partial charge is 0.397 e. The molecular formula is C14H18I4N4O2. The van der Waals surface area contributed by atoms with E-state index in [-0.39, 0.29) is 11.4 Å². The molecule has 0 unspecified atom stereocenters. The van der Waals surface area contributed by atoms with Crippen LogP contribution >= 0.6 is 90.4 Å². The Morgan fingerprint density at radius 2 is 1.12 bits per heavy atom. The maximum absolute atomic E-state index is 10.1. The summed E-state index contributed by atoms with van der Waals surface area (Å²) in [5.74, 6) is 0. The van der Waals surface area contributed by atoms with E-state index in [0.717, 1.165) is -0.0619 Å². The number of nitrogen functional groups attached to an aromatic ring is 3. The van der Waals surface area contributed by atoms with Gasteiger partial charge in [0.2, 0.25) is 0 Å². The van der Waals surface area contributed by atoms with E-state index in [2.05, 4.69) is 90.4 Å². The van der Waals surface area contributed by atoms with E-state index < -0.39 is 4.92 Å². The molecule has 24 heavy (non-hydrogen) atoms. The number of halogens is 4. The zero-order valence-corrected chi connectivity index (χ0v) is 21.3. The van der Waals surface area contributed by atoms with Gasteiger partial charge >= 0.3 is 0 Å². The molecule has 0 spiro atoms. The minimum Gasteiger partial charge on any atom is -0.397 e. The summed E-state index contributed by atoms with van der Waals surface area (Å²) in [6.07, 6.45) is 0. The predicted octanol–water partition coefficient (Wildman–Crippen LogP) is 5.65. The summed E-state index contributed by atoms with van der Waals surface area (Å²) in [6, 6.07) is 13.4. The summed E-state index contributed by atoms with van der Waals surface area (Å²) in [7, 11) is 0. The minimum atomic E-state index is -0.505. The molecule has 0 aliphatic carbocycles. The van der Waals surface area contributed by atoms with Crippen LogP contribution in [-0.2, 0) is 0 Å². The maximum atomic E-state index is 10.1. The highest BCUT2D eigenvalue weighted by molar-refractivity contribution is 14.3.